The number of ketones is 1. The molecule has 0 spiro atoms. The number of non-ortho nitro benzene ring substituents is 2. The van der Waals surface area contributed by atoms with Crippen LogP contribution in [0, 0.1) is 20.2 Å². The van der Waals surface area contributed by atoms with Gasteiger partial charge in [0.1, 0.15) is 0 Å². The van der Waals surface area contributed by atoms with Gasteiger partial charge >= 0.3 is 0 Å². The summed E-state index contributed by atoms with van der Waals surface area (Å²) < 4.78 is 0. The lowest BCUT2D eigenvalue weighted by Gasteiger charge is -2.30. The number of nitro groups is 2. The van der Waals surface area contributed by atoms with Crippen LogP contribution in [0.5, 0.6) is 0 Å². The SMILES string of the molecule is CC(=O)c1ccc(C(=O)N(CCCNCCN(C)C(=O)c2cc([N+](=O)[O-])cc3cccc(C=O)c23)CCN2C(=O)c3cccc4cc([N+](=O)[O-])cc(c34)C2=O)cc1. The Hall–Kier alpha value is -7.20. The van der Waals surface area contributed by atoms with E-state index in [2.05, 4.69) is 5.32 Å². The molecule has 290 valence electrons. The van der Waals surface area contributed by atoms with Gasteiger partial charge in [-0.3, -0.25) is 53.9 Å². The second kappa shape index (κ2) is 16.7. The first-order valence-corrected chi connectivity index (χ1v) is 17.9. The average Bonchev–Trinajstić information content (AvgIpc) is 3.21. The molecule has 0 fully saturated rings. The zero-order valence-electron chi connectivity index (χ0n) is 30.9. The van der Waals surface area contributed by atoms with E-state index >= 15 is 0 Å². The molecule has 1 aliphatic heterocycles. The first kappa shape index (κ1) is 39.5. The lowest BCUT2D eigenvalue weighted by Crippen LogP contribution is -2.46. The predicted molar refractivity (Wildman–Crippen MR) is 209 cm³/mol. The molecule has 1 N–H and O–H groups in total. The van der Waals surface area contributed by atoms with Crippen LogP contribution in [0.3, 0.4) is 0 Å². The minimum atomic E-state index is -0.716. The first-order chi connectivity index (χ1) is 27.3. The Labute approximate surface area is 324 Å². The van der Waals surface area contributed by atoms with Gasteiger partial charge < -0.3 is 15.1 Å². The largest absolute Gasteiger partial charge is 0.340 e. The highest BCUT2D eigenvalue weighted by Crippen LogP contribution is 2.34. The van der Waals surface area contributed by atoms with E-state index < -0.39 is 33.5 Å². The maximum Gasteiger partial charge on any atom is 0.270 e. The molecule has 0 aromatic heterocycles. The molecule has 1 aliphatic rings. The van der Waals surface area contributed by atoms with Gasteiger partial charge in [0.15, 0.2) is 12.1 Å². The Morgan fingerprint density at radius 3 is 2.00 bits per heavy atom. The van der Waals surface area contributed by atoms with Gasteiger partial charge in [0.05, 0.1) is 21.0 Å². The van der Waals surface area contributed by atoms with Crippen LogP contribution in [-0.2, 0) is 0 Å². The molecule has 0 saturated heterocycles. The highest BCUT2D eigenvalue weighted by Gasteiger charge is 2.35. The summed E-state index contributed by atoms with van der Waals surface area (Å²) in [5.41, 5.74) is 0.602. The summed E-state index contributed by atoms with van der Waals surface area (Å²) in [6.45, 7) is 2.20. The maximum absolute atomic E-state index is 13.8. The zero-order valence-corrected chi connectivity index (χ0v) is 30.9. The third kappa shape index (κ3) is 8.11. The van der Waals surface area contributed by atoms with Gasteiger partial charge in [-0.1, -0.05) is 42.5 Å². The van der Waals surface area contributed by atoms with Crippen LogP contribution in [0.15, 0.2) is 84.9 Å². The van der Waals surface area contributed by atoms with E-state index in [-0.39, 0.29) is 71.2 Å². The molecule has 4 amide bonds. The standard InChI is InChI=1S/C41H36N6O10/c1-25(49)26-10-12-27(13-11-26)38(50)44(18-19-45-40(52)33-9-4-7-29-21-32(47(56)57)23-35(37(29)33)41(45)53)16-5-14-42-15-17-43(2)39(51)34-22-31(46(54)55)20-28-6-3-8-30(24-48)36(28)34/h3-4,6-13,20-24,42H,5,14-19H2,1-2H3. The highest BCUT2D eigenvalue weighted by molar-refractivity contribution is 6.26. The van der Waals surface area contributed by atoms with Crippen molar-refractivity contribution in [2.24, 2.45) is 0 Å². The summed E-state index contributed by atoms with van der Waals surface area (Å²) in [5, 5.41) is 27.9. The van der Waals surface area contributed by atoms with Gasteiger partial charge in [0.2, 0.25) is 0 Å². The molecule has 16 nitrogen and oxygen atoms in total. The van der Waals surface area contributed by atoms with E-state index in [9.17, 15) is 49.0 Å². The highest BCUT2D eigenvalue weighted by atomic mass is 16.6. The summed E-state index contributed by atoms with van der Waals surface area (Å²) in [6.07, 6.45) is 1.00. The summed E-state index contributed by atoms with van der Waals surface area (Å²) in [5.74, 6) is -2.41. The van der Waals surface area contributed by atoms with E-state index in [0.717, 1.165) is 17.0 Å². The molecule has 0 bridgehead atoms. The van der Waals surface area contributed by atoms with Gasteiger partial charge in [-0.05, 0) is 48.9 Å². The topological polar surface area (TPSA) is 210 Å². The monoisotopic (exact) mass is 772 g/mol. The molecular weight excluding hydrogens is 736 g/mol. The average molecular weight is 773 g/mol. The van der Waals surface area contributed by atoms with Crippen LogP contribution in [0.4, 0.5) is 11.4 Å². The summed E-state index contributed by atoms with van der Waals surface area (Å²) in [7, 11) is 1.54. The molecule has 1 heterocycles. The van der Waals surface area contributed by atoms with Gasteiger partial charge in [-0.25, -0.2) is 0 Å². The molecule has 0 aliphatic carbocycles. The Kier molecular flexibility index (Phi) is 11.5. The van der Waals surface area contributed by atoms with Crippen LogP contribution < -0.4 is 5.32 Å². The predicted octanol–water partition coefficient (Wildman–Crippen LogP) is 5.31. The normalized spacial score (nSPS) is 12.1. The molecule has 0 saturated carbocycles. The number of imide groups is 1. The van der Waals surface area contributed by atoms with Gasteiger partial charge in [0, 0.05) is 97.1 Å². The minimum Gasteiger partial charge on any atom is -0.340 e. The number of rotatable bonds is 16. The molecule has 0 radical (unpaired) electrons. The van der Waals surface area contributed by atoms with Gasteiger partial charge in [-0.2, -0.15) is 0 Å². The lowest BCUT2D eigenvalue weighted by molar-refractivity contribution is -0.384. The van der Waals surface area contributed by atoms with Crippen LogP contribution >= 0.6 is 0 Å². The van der Waals surface area contributed by atoms with Crippen molar-refractivity contribution in [3.8, 4) is 0 Å². The fraction of sp³-hybridized carbons (Fsp3) is 0.220. The Morgan fingerprint density at radius 1 is 0.737 bits per heavy atom. The second-order valence-electron chi connectivity index (χ2n) is 13.5. The number of aldehydes is 1. The Balaban J connectivity index is 1.12. The molecule has 0 atom stereocenters. The number of nitrogens with one attached hydrogen (secondary N) is 1. The number of fused-ring (bicyclic) bond motifs is 1. The quantitative estimate of drug-likeness (QED) is 0.0339. The molecular formula is C41H36N6O10. The molecule has 0 unspecified atom stereocenters. The Bertz CT molecular complexity index is 2500. The summed E-state index contributed by atoms with van der Waals surface area (Å²) in [4.78, 5) is 104. The third-order valence-corrected chi connectivity index (χ3v) is 9.86. The van der Waals surface area contributed by atoms with Crippen molar-refractivity contribution in [1.82, 2.24) is 20.0 Å². The van der Waals surface area contributed by atoms with E-state index in [0.29, 0.717) is 52.9 Å². The van der Waals surface area contributed by atoms with Crippen molar-refractivity contribution in [2.45, 2.75) is 13.3 Å². The first-order valence-electron chi connectivity index (χ1n) is 17.9. The number of hydrogen-bond donors (Lipinski definition) is 1. The van der Waals surface area contributed by atoms with E-state index in [1.54, 1.807) is 30.3 Å². The molecule has 57 heavy (non-hydrogen) atoms. The second-order valence-corrected chi connectivity index (χ2v) is 13.5. The molecule has 5 aromatic carbocycles. The van der Waals surface area contributed by atoms with Crippen molar-refractivity contribution in [2.75, 3.05) is 46.3 Å². The number of amides is 4. The Morgan fingerprint density at radius 2 is 1.35 bits per heavy atom. The molecule has 6 rings (SSSR count). The minimum absolute atomic E-state index is 0.0163. The number of likely N-dealkylation sites (N-methyl/N-ethyl adjacent to an activating group) is 1. The van der Waals surface area contributed by atoms with Crippen molar-refractivity contribution in [3.63, 3.8) is 0 Å². The van der Waals surface area contributed by atoms with E-state index in [4.69, 9.17) is 0 Å². The number of carbonyl (C=O) groups excluding carboxylic acids is 6. The third-order valence-electron chi connectivity index (χ3n) is 9.86. The van der Waals surface area contributed by atoms with E-state index in [1.165, 1.54) is 66.2 Å². The maximum atomic E-state index is 13.8. The van der Waals surface area contributed by atoms with Crippen molar-refractivity contribution >= 4 is 68.6 Å². The van der Waals surface area contributed by atoms with Gasteiger partial charge in [0.25, 0.3) is 35.0 Å². The van der Waals surface area contributed by atoms with Crippen molar-refractivity contribution < 1.29 is 38.6 Å². The van der Waals surface area contributed by atoms with Crippen molar-refractivity contribution in [3.05, 3.63) is 139 Å². The zero-order chi connectivity index (χ0) is 41.0. The molecule has 5 aromatic rings. The summed E-state index contributed by atoms with van der Waals surface area (Å²) >= 11 is 0. The van der Waals surface area contributed by atoms with Crippen LogP contribution in [-0.4, -0.2) is 107 Å². The lowest BCUT2D eigenvalue weighted by atomic mass is 9.93. The number of nitro benzene ring substituents is 2. The molecule has 16 heteroatoms. The fourth-order valence-corrected chi connectivity index (χ4v) is 6.90. The van der Waals surface area contributed by atoms with Gasteiger partial charge in [-0.15, -0.1) is 0 Å². The summed E-state index contributed by atoms with van der Waals surface area (Å²) in [6, 6.07) is 20.5. The van der Waals surface area contributed by atoms with E-state index in [1.807, 2.05) is 0 Å². The number of benzene rings is 5. The number of Topliss-reactive ketones (excluding diaryl/α,β-unsaturated/α-hetero) is 1. The van der Waals surface area contributed by atoms with Crippen LogP contribution in [0.2, 0.25) is 0 Å². The number of carbonyl (C=O) groups is 6. The van der Waals surface area contributed by atoms with Crippen molar-refractivity contribution in [1.29, 1.82) is 0 Å². The number of hydrogen-bond acceptors (Lipinski definition) is 11. The number of nitrogens with zero attached hydrogens (tertiary/aromatic N) is 5. The fourth-order valence-electron chi connectivity index (χ4n) is 6.90. The van der Waals surface area contributed by atoms with Crippen LogP contribution in [0.25, 0.3) is 21.5 Å². The van der Waals surface area contributed by atoms with Crippen LogP contribution in [0.1, 0.15) is 75.5 Å². The smallest absolute Gasteiger partial charge is 0.270 e.